The monoisotopic (exact) mass is 169 g/mol. The normalized spacial score (nSPS) is 41.8. The lowest BCUT2D eigenvalue weighted by Gasteiger charge is -2.37. The molecule has 0 aromatic carbocycles. The molecule has 2 aliphatic rings. The van der Waals surface area contributed by atoms with Crippen molar-refractivity contribution >= 4 is 5.91 Å². The van der Waals surface area contributed by atoms with Crippen molar-refractivity contribution in [3.05, 3.63) is 0 Å². The number of piperidine rings is 1. The van der Waals surface area contributed by atoms with Crippen LogP contribution in [-0.2, 0) is 4.79 Å². The number of aliphatic hydroxyl groups is 1. The van der Waals surface area contributed by atoms with E-state index in [1.165, 1.54) is 0 Å². The van der Waals surface area contributed by atoms with Crippen LogP contribution >= 0.6 is 0 Å². The van der Waals surface area contributed by atoms with Crippen molar-refractivity contribution in [2.45, 2.75) is 50.2 Å². The first kappa shape index (κ1) is 8.05. The molecule has 12 heavy (non-hydrogen) atoms. The predicted octanol–water partition coefficient (Wildman–Crippen LogP) is 0.570. The van der Waals surface area contributed by atoms with Gasteiger partial charge in [0.15, 0.2) is 0 Å². The van der Waals surface area contributed by atoms with Crippen LogP contribution in [0.3, 0.4) is 0 Å². The highest BCUT2D eigenvalue weighted by atomic mass is 16.3. The Morgan fingerprint density at radius 2 is 2.17 bits per heavy atom. The first-order valence-electron chi connectivity index (χ1n) is 4.72. The molecule has 0 aromatic heterocycles. The fraction of sp³-hybridized carbons (Fsp3) is 0.889. The van der Waals surface area contributed by atoms with Crippen LogP contribution < -0.4 is 5.32 Å². The molecule has 0 bridgehead atoms. The summed E-state index contributed by atoms with van der Waals surface area (Å²) in [5.41, 5.74) is -0.241. The molecular formula is C9H15NO2. The number of rotatable bonds is 0. The van der Waals surface area contributed by atoms with Gasteiger partial charge in [0.05, 0.1) is 11.6 Å². The van der Waals surface area contributed by atoms with Gasteiger partial charge >= 0.3 is 0 Å². The van der Waals surface area contributed by atoms with Crippen LogP contribution in [0.4, 0.5) is 0 Å². The fourth-order valence-electron chi connectivity index (χ4n) is 2.46. The van der Waals surface area contributed by atoms with Crippen molar-refractivity contribution in [3.63, 3.8) is 0 Å². The highest BCUT2D eigenvalue weighted by Gasteiger charge is 2.44. The highest BCUT2D eigenvalue weighted by Crippen LogP contribution is 2.36. The Morgan fingerprint density at radius 3 is 2.75 bits per heavy atom. The summed E-state index contributed by atoms with van der Waals surface area (Å²) in [4.78, 5) is 11.1. The van der Waals surface area contributed by atoms with E-state index in [0.29, 0.717) is 6.42 Å². The summed E-state index contributed by atoms with van der Waals surface area (Å²) in [6.07, 6.45) is 5.07. The zero-order valence-corrected chi connectivity index (χ0v) is 7.18. The number of amides is 1. The second-order valence-electron chi connectivity index (χ2n) is 3.97. The van der Waals surface area contributed by atoms with Crippen molar-refractivity contribution in [1.82, 2.24) is 5.32 Å². The Hall–Kier alpha value is -0.570. The first-order chi connectivity index (χ1) is 5.73. The zero-order valence-electron chi connectivity index (χ0n) is 7.18. The minimum atomic E-state index is -0.304. The molecule has 0 radical (unpaired) electrons. The number of carbonyl (C=O) groups excluding carboxylic acids is 1. The molecule has 2 fully saturated rings. The van der Waals surface area contributed by atoms with Crippen LogP contribution in [0.5, 0.6) is 0 Å². The highest BCUT2D eigenvalue weighted by molar-refractivity contribution is 5.77. The van der Waals surface area contributed by atoms with Gasteiger partial charge in [-0.3, -0.25) is 4.79 Å². The number of carbonyl (C=O) groups is 1. The summed E-state index contributed by atoms with van der Waals surface area (Å²) in [7, 11) is 0. The maximum atomic E-state index is 11.1. The maximum absolute atomic E-state index is 11.1. The van der Waals surface area contributed by atoms with Gasteiger partial charge in [0.1, 0.15) is 0 Å². The van der Waals surface area contributed by atoms with Gasteiger partial charge in [0.2, 0.25) is 5.91 Å². The quantitative estimate of drug-likeness (QED) is 0.557. The third-order valence-electron chi connectivity index (χ3n) is 3.15. The van der Waals surface area contributed by atoms with Gasteiger partial charge in [-0.25, -0.2) is 0 Å². The third kappa shape index (κ3) is 1.12. The average Bonchev–Trinajstić information content (AvgIpc) is 2.33. The number of hydrogen-bond donors (Lipinski definition) is 2. The summed E-state index contributed by atoms with van der Waals surface area (Å²) >= 11 is 0. The molecule has 0 aromatic rings. The van der Waals surface area contributed by atoms with Gasteiger partial charge in [-0.1, -0.05) is 0 Å². The molecule has 1 saturated carbocycles. The summed E-state index contributed by atoms with van der Waals surface area (Å²) < 4.78 is 0. The lowest BCUT2D eigenvalue weighted by Crippen LogP contribution is -2.56. The SMILES string of the molecule is O=C1CCCC2(CCCC2O)N1. The molecule has 1 saturated heterocycles. The molecule has 3 heteroatoms. The Balaban J connectivity index is 2.13. The van der Waals surface area contributed by atoms with Crippen LogP contribution in [0.25, 0.3) is 0 Å². The van der Waals surface area contributed by atoms with Crippen molar-refractivity contribution in [2.24, 2.45) is 0 Å². The Labute approximate surface area is 72.2 Å². The molecule has 3 nitrogen and oxygen atoms in total. The molecule has 2 N–H and O–H groups in total. The Bertz CT molecular complexity index is 205. The summed E-state index contributed by atoms with van der Waals surface area (Å²) in [6, 6.07) is 0. The average molecular weight is 169 g/mol. The fourth-order valence-corrected chi connectivity index (χ4v) is 2.46. The van der Waals surface area contributed by atoms with E-state index in [4.69, 9.17) is 0 Å². The molecular weight excluding hydrogens is 154 g/mol. The van der Waals surface area contributed by atoms with E-state index in [-0.39, 0.29) is 17.6 Å². The first-order valence-corrected chi connectivity index (χ1v) is 4.72. The van der Waals surface area contributed by atoms with Crippen molar-refractivity contribution in [3.8, 4) is 0 Å². The Morgan fingerprint density at radius 1 is 1.42 bits per heavy atom. The minimum Gasteiger partial charge on any atom is -0.391 e. The molecule has 1 amide bonds. The number of aliphatic hydroxyl groups excluding tert-OH is 1. The summed E-state index contributed by atoms with van der Waals surface area (Å²) in [5.74, 6) is 0.113. The maximum Gasteiger partial charge on any atom is 0.220 e. The van der Waals surface area contributed by atoms with E-state index in [1.54, 1.807) is 0 Å². The molecule has 1 heterocycles. The molecule has 1 aliphatic carbocycles. The van der Waals surface area contributed by atoms with E-state index in [1.807, 2.05) is 0 Å². The van der Waals surface area contributed by atoms with Crippen LogP contribution in [0.2, 0.25) is 0 Å². The zero-order chi connectivity index (χ0) is 8.60. The van der Waals surface area contributed by atoms with Gasteiger partial charge in [-0.2, -0.15) is 0 Å². The number of nitrogens with one attached hydrogen (secondary N) is 1. The molecule has 2 rings (SSSR count). The van der Waals surface area contributed by atoms with Crippen molar-refractivity contribution in [2.75, 3.05) is 0 Å². The largest absolute Gasteiger partial charge is 0.391 e. The van der Waals surface area contributed by atoms with Crippen molar-refractivity contribution < 1.29 is 9.90 Å². The molecule has 1 spiro atoms. The van der Waals surface area contributed by atoms with E-state index < -0.39 is 0 Å². The predicted molar refractivity (Wildman–Crippen MR) is 44.6 cm³/mol. The number of hydrogen-bond acceptors (Lipinski definition) is 2. The Kier molecular flexibility index (Phi) is 1.83. The summed E-state index contributed by atoms with van der Waals surface area (Å²) in [5, 5.41) is 12.7. The van der Waals surface area contributed by atoms with E-state index in [0.717, 1.165) is 32.1 Å². The lowest BCUT2D eigenvalue weighted by atomic mass is 9.85. The van der Waals surface area contributed by atoms with Gasteiger partial charge in [-0.05, 0) is 32.1 Å². The topological polar surface area (TPSA) is 49.3 Å². The standard InChI is InChI=1S/C9H15NO2/c11-7-3-1-5-9(7)6-2-4-8(12)10-9/h7,11H,1-6H2,(H,10,12). The minimum absolute atomic E-state index is 0.113. The molecule has 68 valence electrons. The third-order valence-corrected chi connectivity index (χ3v) is 3.15. The van der Waals surface area contributed by atoms with Gasteiger partial charge in [-0.15, -0.1) is 0 Å². The van der Waals surface area contributed by atoms with Crippen LogP contribution in [0.15, 0.2) is 0 Å². The van der Waals surface area contributed by atoms with Crippen LogP contribution in [0.1, 0.15) is 38.5 Å². The van der Waals surface area contributed by atoms with Crippen molar-refractivity contribution in [1.29, 1.82) is 0 Å². The second kappa shape index (κ2) is 2.73. The van der Waals surface area contributed by atoms with Crippen LogP contribution in [0, 0.1) is 0 Å². The van der Waals surface area contributed by atoms with E-state index >= 15 is 0 Å². The molecule has 2 unspecified atom stereocenters. The molecule has 2 atom stereocenters. The smallest absolute Gasteiger partial charge is 0.220 e. The summed E-state index contributed by atoms with van der Waals surface area (Å²) in [6.45, 7) is 0. The van der Waals surface area contributed by atoms with Gasteiger partial charge < -0.3 is 10.4 Å². The van der Waals surface area contributed by atoms with E-state index in [9.17, 15) is 9.90 Å². The molecule has 1 aliphatic heterocycles. The van der Waals surface area contributed by atoms with Crippen LogP contribution in [-0.4, -0.2) is 22.7 Å². The van der Waals surface area contributed by atoms with E-state index in [2.05, 4.69) is 5.32 Å². The lowest BCUT2D eigenvalue weighted by molar-refractivity contribution is -0.127. The van der Waals surface area contributed by atoms with Gasteiger partial charge in [0.25, 0.3) is 0 Å². The second-order valence-corrected chi connectivity index (χ2v) is 3.97. The van der Waals surface area contributed by atoms with Gasteiger partial charge in [0, 0.05) is 6.42 Å².